The molecule has 13 nitrogen and oxygen atoms in total. The van der Waals surface area contributed by atoms with Crippen molar-refractivity contribution in [3.05, 3.63) is 202 Å². The molecule has 0 N–H and O–H groups in total. The van der Waals surface area contributed by atoms with E-state index >= 15 is 0 Å². The minimum atomic E-state index is 1.01. The van der Waals surface area contributed by atoms with Crippen LogP contribution < -0.4 is 28.3 Å². The standard InChI is InChI=1S/C30H40N6.C29H39N7/c1-32(30-13-5-4-6-14-30)31-27-29-15-23-34(24-16-29)17-7-2-3-8-21-35-25-26-36(28-35)22-12-11-20-33-18-9-10-19-33;1-32(28-13-5-4-6-14-28)31-25-29-15-7-10-21-36(29)20-9-3-2-8-18-34-23-24-35(27-34)19-12-11-17-33-22-16-30-26-33/h4-6,9-10,13-16,18-19,23-28H,2-3,7-8,11-12,17,20-22H2,1H3;4-7,10,13-16,21-27H,2-3,8-9,11-12,17-20H2,1H3/q2*+2. The van der Waals surface area contributed by atoms with Gasteiger partial charge in [-0.2, -0.15) is 14.8 Å². The summed E-state index contributed by atoms with van der Waals surface area (Å²) in [6.45, 7) is 8.59. The minimum Gasteiger partial charge on any atom is -0.354 e. The van der Waals surface area contributed by atoms with E-state index in [-0.39, 0.29) is 0 Å². The molecular weight excluding hydrogens is 891 g/mol. The Morgan fingerprint density at radius 3 is 1.49 bits per heavy atom. The Morgan fingerprint density at radius 1 is 0.431 bits per heavy atom. The maximum absolute atomic E-state index is 4.63. The molecule has 72 heavy (non-hydrogen) atoms. The second-order valence-electron chi connectivity index (χ2n) is 18.6. The Bertz CT molecular complexity index is 2690. The maximum Gasteiger partial charge on any atom is 0.243 e. The van der Waals surface area contributed by atoms with Crippen LogP contribution in [0, 0.1) is 0 Å². The molecule has 8 aromatic rings. The average molecular weight is 970 g/mol. The number of nitrogens with zero attached hydrogens (tertiary/aromatic N) is 13. The Kier molecular flexibility index (Phi) is 22.1. The van der Waals surface area contributed by atoms with Gasteiger partial charge in [0.05, 0.1) is 50.1 Å². The number of imidazole rings is 3. The second kappa shape index (κ2) is 30.4. The zero-order valence-corrected chi connectivity index (χ0v) is 43.0. The van der Waals surface area contributed by atoms with Gasteiger partial charge in [0.1, 0.15) is 44.1 Å². The number of benzene rings is 2. The first-order valence-electron chi connectivity index (χ1n) is 26.3. The third-order valence-electron chi connectivity index (χ3n) is 12.9. The molecule has 8 rings (SSSR count). The number of aryl methyl sites for hydroxylation is 8. The van der Waals surface area contributed by atoms with E-state index in [2.05, 4.69) is 187 Å². The lowest BCUT2D eigenvalue weighted by Crippen LogP contribution is -2.38. The summed E-state index contributed by atoms with van der Waals surface area (Å²) < 4.78 is 18.2. The van der Waals surface area contributed by atoms with Crippen LogP contribution in [-0.4, -0.2) is 49.8 Å². The lowest BCUT2D eigenvalue weighted by molar-refractivity contribution is -0.699. The smallest absolute Gasteiger partial charge is 0.243 e. The number of unbranched alkanes of at least 4 members (excludes halogenated alkanes) is 8. The van der Waals surface area contributed by atoms with Crippen molar-refractivity contribution in [1.29, 1.82) is 0 Å². The van der Waals surface area contributed by atoms with Gasteiger partial charge in [0.25, 0.3) is 0 Å². The van der Waals surface area contributed by atoms with Gasteiger partial charge in [0.15, 0.2) is 18.6 Å². The summed E-state index contributed by atoms with van der Waals surface area (Å²) in [6, 6.07) is 35.1. The van der Waals surface area contributed by atoms with E-state index in [9.17, 15) is 0 Å². The summed E-state index contributed by atoms with van der Waals surface area (Å²) in [4.78, 5) is 4.10. The average Bonchev–Trinajstić information content (AvgIpc) is 4.29. The monoisotopic (exact) mass is 970 g/mol. The van der Waals surface area contributed by atoms with Gasteiger partial charge in [-0.3, -0.25) is 10.0 Å². The number of rotatable bonds is 30. The van der Waals surface area contributed by atoms with Crippen molar-refractivity contribution in [2.24, 2.45) is 10.2 Å². The molecule has 0 saturated heterocycles. The van der Waals surface area contributed by atoms with Crippen LogP contribution in [0.3, 0.4) is 0 Å². The molecular formula is C59H79N13+4. The first kappa shape index (κ1) is 52.4. The van der Waals surface area contributed by atoms with Crippen molar-refractivity contribution >= 4 is 23.8 Å². The maximum atomic E-state index is 4.63. The molecule has 2 aromatic carbocycles. The quantitative estimate of drug-likeness (QED) is 0.0195. The molecule has 0 spiro atoms. The SMILES string of the molecule is CN(/N=C\c1cc[n+](CCCCCC[n+]2ccn(CCCCn3cccc3)c2)cc1)c1ccccc1.CN(/N=C\c1cccc[n+]1CCCCCC[n+]1ccn(CCCCn2ccnc2)c1)c1ccccc1. The molecule has 0 aliphatic carbocycles. The summed E-state index contributed by atoms with van der Waals surface area (Å²) in [5.41, 5.74) is 4.39. The zero-order valence-electron chi connectivity index (χ0n) is 43.0. The van der Waals surface area contributed by atoms with Crippen LogP contribution >= 0.6 is 0 Å². The molecule has 6 heterocycles. The van der Waals surface area contributed by atoms with Gasteiger partial charge in [0, 0.05) is 94.6 Å². The van der Waals surface area contributed by atoms with Crippen molar-refractivity contribution in [2.75, 3.05) is 24.1 Å². The first-order valence-corrected chi connectivity index (χ1v) is 26.3. The fourth-order valence-electron chi connectivity index (χ4n) is 8.63. The van der Waals surface area contributed by atoms with Crippen LogP contribution in [-0.2, 0) is 52.4 Å². The molecule has 0 fully saturated rings. The van der Waals surface area contributed by atoms with Crippen LogP contribution in [0.4, 0.5) is 11.4 Å². The number of hydrogen-bond donors (Lipinski definition) is 0. The van der Waals surface area contributed by atoms with E-state index in [4.69, 9.17) is 0 Å². The summed E-state index contributed by atoms with van der Waals surface area (Å²) >= 11 is 0. The molecule has 0 saturated carbocycles. The third-order valence-corrected chi connectivity index (χ3v) is 12.9. The molecule has 13 heteroatoms. The number of hydrogen-bond acceptors (Lipinski definition) is 5. The predicted octanol–water partition coefficient (Wildman–Crippen LogP) is 9.55. The molecule has 0 bridgehead atoms. The number of aromatic nitrogens is 9. The fraction of sp³-hybridized carbons (Fsp3) is 0.373. The minimum absolute atomic E-state index is 1.01. The Hall–Kier alpha value is -7.41. The molecule has 0 atom stereocenters. The molecule has 0 aliphatic rings. The Labute approximate surface area is 428 Å². The normalized spacial score (nSPS) is 11.4. The largest absolute Gasteiger partial charge is 0.354 e. The molecule has 6 aromatic heterocycles. The van der Waals surface area contributed by atoms with E-state index in [0.717, 1.165) is 75.0 Å². The first-order chi connectivity index (χ1) is 35.5. The van der Waals surface area contributed by atoms with E-state index in [1.165, 1.54) is 77.0 Å². The van der Waals surface area contributed by atoms with E-state index in [1.807, 2.05) is 91.7 Å². The van der Waals surface area contributed by atoms with Crippen molar-refractivity contribution in [2.45, 2.75) is 129 Å². The second-order valence-corrected chi connectivity index (χ2v) is 18.6. The summed E-state index contributed by atoms with van der Waals surface area (Å²) in [6.07, 6.45) is 48.3. The van der Waals surface area contributed by atoms with Gasteiger partial charge in [-0.15, -0.1) is 0 Å². The number of anilines is 2. The summed E-state index contributed by atoms with van der Waals surface area (Å²) in [5.74, 6) is 0. The van der Waals surface area contributed by atoms with Crippen LogP contribution in [0.15, 0.2) is 200 Å². The fourth-order valence-corrected chi connectivity index (χ4v) is 8.63. The van der Waals surface area contributed by atoms with Crippen LogP contribution in [0.1, 0.15) is 88.3 Å². The lowest BCUT2D eigenvalue weighted by atomic mass is 10.2. The predicted molar refractivity (Wildman–Crippen MR) is 289 cm³/mol. The van der Waals surface area contributed by atoms with Gasteiger partial charge in [-0.05, 0) is 107 Å². The highest BCUT2D eigenvalue weighted by atomic mass is 15.4. The number of hydrazone groups is 2. The molecule has 0 aliphatic heterocycles. The summed E-state index contributed by atoms with van der Waals surface area (Å²) in [7, 11) is 3.95. The highest BCUT2D eigenvalue weighted by molar-refractivity contribution is 5.79. The van der Waals surface area contributed by atoms with E-state index in [0.29, 0.717) is 0 Å². The van der Waals surface area contributed by atoms with Crippen molar-refractivity contribution in [1.82, 2.24) is 23.3 Å². The zero-order chi connectivity index (χ0) is 49.7. The van der Waals surface area contributed by atoms with Gasteiger partial charge in [-0.25, -0.2) is 27.8 Å². The van der Waals surface area contributed by atoms with Crippen molar-refractivity contribution < 1.29 is 18.3 Å². The third kappa shape index (κ3) is 19.1. The van der Waals surface area contributed by atoms with Crippen molar-refractivity contribution in [3.63, 3.8) is 0 Å². The lowest BCUT2D eigenvalue weighted by Gasteiger charge is -2.11. The molecule has 0 amide bonds. The highest BCUT2D eigenvalue weighted by Crippen LogP contribution is 2.12. The Morgan fingerprint density at radius 2 is 0.931 bits per heavy atom. The molecule has 376 valence electrons. The van der Waals surface area contributed by atoms with Gasteiger partial charge >= 0.3 is 0 Å². The summed E-state index contributed by atoms with van der Waals surface area (Å²) in [5, 5.41) is 13.0. The molecule has 0 radical (unpaired) electrons. The number of pyridine rings is 2. The Balaban J connectivity index is 0.000000211. The van der Waals surface area contributed by atoms with Gasteiger partial charge in [0.2, 0.25) is 18.3 Å². The van der Waals surface area contributed by atoms with Gasteiger partial charge in [-0.1, -0.05) is 36.4 Å². The van der Waals surface area contributed by atoms with Crippen LogP contribution in [0.25, 0.3) is 0 Å². The van der Waals surface area contributed by atoms with Crippen LogP contribution in [0.2, 0.25) is 0 Å². The van der Waals surface area contributed by atoms with E-state index < -0.39 is 0 Å². The van der Waals surface area contributed by atoms with Gasteiger partial charge < -0.3 is 9.13 Å². The topological polar surface area (TPSA) is 79.3 Å². The number of para-hydroxylation sites is 2. The highest BCUT2D eigenvalue weighted by Gasteiger charge is 2.10. The molecule has 0 unspecified atom stereocenters. The van der Waals surface area contributed by atoms with Crippen LogP contribution in [0.5, 0.6) is 0 Å². The van der Waals surface area contributed by atoms with E-state index in [1.54, 1.807) is 0 Å². The van der Waals surface area contributed by atoms with Crippen molar-refractivity contribution in [3.8, 4) is 0 Å².